The number of fused-ring (bicyclic) bond motifs is 5. The number of anilines is 1. The lowest BCUT2D eigenvalue weighted by Gasteiger charge is -2.31. The van der Waals surface area contributed by atoms with Gasteiger partial charge in [-0.15, -0.1) is 0 Å². The van der Waals surface area contributed by atoms with E-state index in [-0.39, 0.29) is 5.91 Å². The predicted octanol–water partition coefficient (Wildman–Crippen LogP) is 2.36. The van der Waals surface area contributed by atoms with Crippen LogP contribution in [0.2, 0.25) is 0 Å². The van der Waals surface area contributed by atoms with E-state index in [0.29, 0.717) is 11.7 Å². The molecule has 4 fully saturated rings. The summed E-state index contributed by atoms with van der Waals surface area (Å²) in [4.78, 5) is 22.8. The van der Waals surface area contributed by atoms with Gasteiger partial charge in [0.05, 0.1) is 4.70 Å². The Kier molecular flexibility index (Phi) is 4.99. The van der Waals surface area contributed by atoms with Crippen LogP contribution in [0.1, 0.15) is 29.8 Å². The van der Waals surface area contributed by atoms with Crippen molar-refractivity contribution < 1.29 is 4.79 Å². The third-order valence-corrected chi connectivity index (χ3v) is 7.47. The molecule has 4 aliphatic rings. The van der Waals surface area contributed by atoms with Crippen molar-refractivity contribution >= 4 is 33.2 Å². The Morgan fingerprint density at radius 1 is 1.04 bits per heavy atom. The van der Waals surface area contributed by atoms with Gasteiger partial charge in [0, 0.05) is 62.9 Å². The highest BCUT2D eigenvalue weighted by Crippen LogP contribution is 2.30. The van der Waals surface area contributed by atoms with Crippen molar-refractivity contribution in [2.24, 2.45) is 0 Å². The zero-order valence-electron chi connectivity index (χ0n) is 16.6. The average molecular weight is 400 g/mol. The Morgan fingerprint density at radius 2 is 1.89 bits per heavy atom. The van der Waals surface area contributed by atoms with Gasteiger partial charge in [0.1, 0.15) is 5.69 Å². The van der Waals surface area contributed by atoms with Crippen LogP contribution >= 0.6 is 11.5 Å². The van der Waals surface area contributed by atoms with Gasteiger partial charge >= 0.3 is 0 Å². The van der Waals surface area contributed by atoms with Crippen molar-refractivity contribution in [3.8, 4) is 0 Å². The minimum atomic E-state index is 0.129. The van der Waals surface area contributed by atoms with Gasteiger partial charge < -0.3 is 19.6 Å². The van der Waals surface area contributed by atoms with Crippen molar-refractivity contribution in [2.45, 2.75) is 25.3 Å². The molecule has 1 aromatic heterocycles. The third kappa shape index (κ3) is 3.40. The molecule has 7 heteroatoms. The van der Waals surface area contributed by atoms with Gasteiger partial charge in [0.2, 0.25) is 0 Å². The number of hydrogen-bond donors (Lipinski definition) is 0. The molecule has 1 amide bonds. The first-order chi connectivity index (χ1) is 13.7. The molecule has 2 aromatic rings. The van der Waals surface area contributed by atoms with Gasteiger partial charge in [-0.05, 0) is 62.6 Å². The molecule has 0 unspecified atom stereocenters. The van der Waals surface area contributed by atoms with Crippen molar-refractivity contribution in [3.05, 3.63) is 23.9 Å². The maximum atomic E-state index is 13.3. The molecule has 0 atom stereocenters. The highest BCUT2D eigenvalue weighted by atomic mass is 32.1. The Balaban J connectivity index is 1.39. The number of likely N-dealkylation sites (N-methyl/N-ethyl adjacent to an activating group) is 1. The van der Waals surface area contributed by atoms with E-state index in [4.69, 9.17) is 0 Å². The average Bonchev–Trinajstić information content (AvgIpc) is 2.87. The van der Waals surface area contributed by atoms with Gasteiger partial charge in [-0.3, -0.25) is 4.79 Å². The van der Waals surface area contributed by atoms with E-state index in [9.17, 15) is 4.79 Å². The summed E-state index contributed by atoms with van der Waals surface area (Å²) in [5, 5.41) is 1.02. The van der Waals surface area contributed by atoms with Crippen LogP contribution in [0.15, 0.2) is 18.2 Å². The summed E-state index contributed by atoms with van der Waals surface area (Å²) in [6.45, 7) is 8.48. The minimum Gasteiger partial charge on any atom is -0.370 e. The van der Waals surface area contributed by atoms with Crippen LogP contribution in [0.4, 0.5) is 5.69 Å². The summed E-state index contributed by atoms with van der Waals surface area (Å²) >= 11 is 1.47. The Morgan fingerprint density at radius 3 is 2.75 bits per heavy atom. The molecule has 4 saturated heterocycles. The Hall–Kier alpha value is -1.70. The first kappa shape index (κ1) is 18.3. The molecule has 0 radical (unpaired) electrons. The van der Waals surface area contributed by atoms with Gasteiger partial charge in [0.25, 0.3) is 5.91 Å². The van der Waals surface area contributed by atoms with Crippen molar-refractivity contribution in [1.29, 1.82) is 0 Å². The van der Waals surface area contributed by atoms with E-state index in [2.05, 4.69) is 49.2 Å². The number of carbonyl (C=O) groups is 1. The lowest BCUT2D eigenvalue weighted by atomic mass is 10.0. The molecule has 2 bridgehead atoms. The fourth-order valence-electron chi connectivity index (χ4n) is 4.87. The molecule has 6 rings (SSSR count). The van der Waals surface area contributed by atoms with Crippen molar-refractivity contribution in [2.75, 3.05) is 64.3 Å². The highest BCUT2D eigenvalue weighted by molar-refractivity contribution is 7.13. The van der Waals surface area contributed by atoms with Crippen LogP contribution in [0.5, 0.6) is 0 Å². The fourth-order valence-corrected chi connectivity index (χ4v) is 5.67. The zero-order valence-corrected chi connectivity index (χ0v) is 17.5. The van der Waals surface area contributed by atoms with E-state index in [0.717, 1.165) is 75.3 Å². The fraction of sp³-hybridized carbons (Fsp3) is 0.619. The van der Waals surface area contributed by atoms with Gasteiger partial charge in [-0.2, -0.15) is 4.37 Å². The number of hydrogen-bond acceptors (Lipinski definition) is 6. The molecule has 0 aliphatic carbocycles. The quantitative estimate of drug-likeness (QED) is 0.776. The molecule has 150 valence electrons. The number of benzene rings is 1. The minimum absolute atomic E-state index is 0.129. The van der Waals surface area contributed by atoms with Crippen LogP contribution in [-0.2, 0) is 0 Å². The maximum absolute atomic E-state index is 13.3. The van der Waals surface area contributed by atoms with Crippen LogP contribution < -0.4 is 4.90 Å². The smallest absolute Gasteiger partial charge is 0.274 e. The number of aromatic nitrogens is 1. The Labute approximate surface area is 170 Å². The molecule has 6 nitrogen and oxygen atoms in total. The monoisotopic (exact) mass is 399 g/mol. The summed E-state index contributed by atoms with van der Waals surface area (Å²) in [6, 6.07) is 6.92. The molecular weight excluding hydrogens is 370 g/mol. The summed E-state index contributed by atoms with van der Waals surface area (Å²) in [6.07, 6.45) is 3.39. The maximum Gasteiger partial charge on any atom is 0.274 e. The van der Waals surface area contributed by atoms with Crippen LogP contribution in [0.25, 0.3) is 10.1 Å². The lowest BCUT2D eigenvalue weighted by Crippen LogP contribution is -2.41. The molecule has 28 heavy (non-hydrogen) atoms. The van der Waals surface area contributed by atoms with Crippen molar-refractivity contribution in [3.63, 3.8) is 0 Å². The second-order valence-electron chi connectivity index (χ2n) is 8.43. The summed E-state index contributed by atoms with van der Waals surface area (Å²) in [5.41, 5.74) is 1.91. The summed E-state index contributed by atoms with van der Waals surface area (Å²) < 4.78 is 5.74. The zero-order chi connectivity index (χ0) is 19.1. The first-order valence-corrected chi connectivity index (χ1v) is 11.3. The van der Waals surface area contributed by atoms with E-state index < -0.39 is 0 Å². The first-order valence-electron chi connectivity index (χ1n) is 10.6. The number of carbonyl (C=O) groups excluding carboxylic acids is 1. The molecule has 5 heterocycles. The SMILES string of the molecule is CN1CCCN(c2ccc3c(C(=O)N4CCN5CCC4CC5)nsc3c2)CC1. The molecule has 1 aromatic carbocycles. The van der Waals surface area contributed by atoms with Gasteiger partial charge in [-0.25, -0.2) is 0 Å². The summed E-state index contributed by atoms with van der Waals surface area (Å²) in [5.74, 6) is 0.129. The molecule has 0 spiro atoms. The second kappa shape index (κ2) is 7.61. The summed E-state index contributed by atoms with van der Waals surface area (Å²) in [7, 11) is 2.19. The lowest BCUT2D eigenvalue weighted by molar-refractivity contribution is 0.0682. The van der Waals surface area contributed by atoms with E-state index in [1.165, 1.54) is 23.6 Å². The topological polar surface area (TPSA) is 42.9 Å². The number of rotatable bonds is 2. The van der Waals surface area contributed by atoms with Crippen LogP contribution in [0.3, 0.4) is 0 Å². The van der Waals surface area contributed by atoms with Crippen LogP contribution in [0, 0.1) is 0 Å². The highest BCUT2D eigenvalue weighted by Gasteiger charge is 2.33. The van der Waals surface area contributed by atoms with Gasteiger partial charge in [0.15, 0.2) is 0 Å². The second-order valence-corrected chi connectivity index (χ2v) is 9.23. The molecule has 0 N–H and O–H groups in total. The number of piperidine rings is 1. The number of nitrogens with zero attached hydrogens (tertiary/aromatic N) is 5. The molecular formula is C21H29N5OS. The normalized spacial score (nSPS) is 26.5. The largest absolute Gasteiger partial charge is 0.370 e. The van der Waals surface area contributed by atoms with E-state index in [1.54, 1.807) is 0 Å². The van der Waals surface area contributed by atoms with Crippen LogP contribution in [-0.4, -0.2) is 90.4 Å². The molecule has 4 aliphatic heterocycles. The third-order valence-electron chi connectivity index (χ3n) is 6.66. The predicted molar refractivity (Wildman–Crippen MR) is 114 cm³/mol. The van der Waals surface area contributed by atoms with Crippen molar-refractivity contribution in [1.82, 2.24) is 19.1 Å². The van der Waals surface area contributed by atoms with E-state index >= 15 is 0 Å². The van der Waals surface area contributed by atoms with Gasteiger partial charge in [-0.1, -0.05) is 0 Å². The number of amides is 1. The molecule has 0 saturated carbocycles. The van der Waals surface area contributed by atoms with E-state index in [1.807, 2.05) is 0 Å². The Bertz CT molecular complexity index is 860. The standard InChI is InChI=1S/C21H29N5OS/c1-23-7-2-8-25(13-11-23)17-3-4-18-19(15-17)28-22-20(18)21(27)26-14-12-24-9-5-16(26)6-10-24/h3-4,15-16H,2,5-14H2,1H3.